The van der Waals surface area contributed by atoms with Crippen LogP contribution in [0.4, 0.5) is 0 Å². The maximum atomic E-state index is 11.7. The largest absolute Gasteiger partial charge is 0.325 e. The van der Waals surface area contributed by atoms with Gasteiger partial charge in [0.15, 0.2) is 0 Å². The van der Waals surface area contributed by atoms with Crippen molar-refractivity contribution in [3.05, 3.63) is 32.1 Å². The van der Waals surface area contributed by atoms with Crippen LogP contribution in [0.2, 0.25) is 0 Å². The molecule has 0 bridgehead atoms. The van der Waals surface area contributed by atoms with E-state index >= 15 is 0 Å². The first-order valence-electron chi connectivity index (χ1n) is 6.28. The first kappa shape index (κ1) is 15.8. The van der Waals surface area contributed by atoms with E-state index in [1.54, 1.807) is 6.92 Å². The van der Waals surface area contributed by atoms with Gasteiger partial charge >= 0.3 is 5.69 Å². The van der Waals surface area contributed by atoms with Crippen LogP contribution in [0.15, 0.2) is 14.7 Å². The molecule has 1 heterocycles. The van der Waals surface area contributed by atoms with Gasteiger partial charge in [-0.15, -0.1) is 0 Å². The summed E-state index contributed by atoms with van der Waals surface area (Å²) >= 11 is 0. The summed E-state index contributed by atoms with van der Waals surface area (Å²) in [7, 11) is 0. The van der Waals surface area contributed by atoms with Gasteiger partial charge in [-0.2, -0.15) is 5.10 Å². The van der Waals surface area contributed by atoms with Crippen LogP contribution in [0.1, 0.15) is 31.5 Å². The summed E-state index contributed by atoms with van der Waals surface area (Å²) in [5.41, 5.74) is 7.37. The minimum atomic E-state index is -0.660. The van der Waals surface area contributed by atoms with Gasteiger partial charge in [0.25, 0.3) is 11.5 Å². The summed E-state index contributed by atoms with van der Waals surface area (Å²) in [6.45, 7) is 5.36. The van der Waals surface area contributed by atoms with Crippen molar-refractivity contribution in [2.45, 2.75) is 33.2 Å². The Bertz CT molecular complexity index is 616. The van der Waals surface area contributed by atoms with E-state index in [0.717, 1.165) is 6.42 Å². The SMILES string of the molecule is CCC(C)C(N)C(=O)N/N=C/c1c(C)[nH]c(=O)[nH]c1=O. The molecule has 1 aromatic heterocycles. The highest BCUT2D eigenvalue weighted by Gasteiger charge is 2.18. The van der Waals surface area contributed by atoms with E-state index in [-0.39, 0.29) is 11.5 Å². The fraction of sp³-hybridized carbons (Fsp3) is 0.500. The molecule has 2 atom stereocenters. The summed E-state index contributed by atoms with van der Waals surface area (Å²) in [6, 6.07) is -0.660. The van der Waals surface area contributed by atoms with Crippen LogP contribution >= 0.6 is 0 Å². The topological polar surface area (TPSA) is 133 Å². The Morgan fingerprint density at radius 3 is 2.65 bits per heavy atom. The van der Waals surface area contributed by atoms with Crippen LogP contribution in [0, 0.1) is 12.8 Å². The smallest absolute Gasteiger partial charge is 0.320 e. The number of aromatic nitrogens is 2. The molecule has 5 N–H and O–H groups in total. The van der Waals surface area contributed by atoms with Crippen LogP contribution in [0.3, 0.4) is 0 Å². The minimum absolute atomic E-state index is 0.0309. The third-order valence-corrected chi connectivity index (χ3v) is 3.10. The number of rotatable bonds is 5. The molecule has 1 aromatic rings. The number of hydrogen-bond acceptors (Lipinski definition) is 5. The van der Waals surface area contributed by atoms with E-state index in [9.17, 15) is 14.4 Å². The van der Waals surface area contributed by atoms with Gasteiger partial charge in [-0.3, -0.25) is 14.6 Å². The summed E-state index contributed by atoms with van der Waals surface area (Å²) < 4.78 is 0. The Balaban J connectivity index is 2.78. The van der Waals surface area contributed by atoms with E-state index in [0.29, 0.717) is 5.69 Å². The number of nitrogens with one attached hydrogen (secondary N) is 3. The summed E-state index contributed by atoms with van der Waals surface area (Å²) in [5.74, 6) is -0.391. The Morgan fingerprint density at radius 1 is 1.45 bits per heavy atom. The highest BCUT2D eigenvalue weighted by molar-refractivity contribution is 5.85. The average Bonchev–Trinajstić information content (AvgIpc) is 2.39. The van der Waals surface area contributed by atoms with E-state index in [1.807, 2.05) is 13.8 Å². The van der Waals surface area contributed by atoms with Gasteiger partial charge in [-0.05, 0) is 12.8 Å². The zero-order valence-electron chi connectivity index (χ0n) is 11.7. The van der Waals surface area contributed by atoms with Crippen molar-refractivity contribution in [1.82, 2.24) is 15.4 Å². The normalized spacial score (nSPS) is 14.2. The van der Waals surface area contributed by atoms with Crippen LogP contribution < -0.4 is 22.4 Å². The zero-order chi connectivity index (χ0) is 15.3. The summed E-state index contributed by atoms with van der Waals surface area (Å²) in [5, 5.41) is 3.68. The number of hydrogen-bond donors (Lipinski definition) is 4. The first-order chi connectivity index (χ1) is 9.36. The number of amides is 1. The molecule has 8 nitrogen and oxygen atoms in total. The number of hydrazone groups is 1. The molecule has 8 heteroatoms. The van der Waals surface area contributed by atoms with Crippen molar-refractivity contribution in [3.63, 3.8) is 0 Å². The maximum Gasteiger partial charge on any atom is 0.325 e. The highest BCUT2D eigenvalue weighted by Crippen LogP contribution is 2.04. The van der Waals surface area contributed by atoms with Crippen molar-refractivity contribution in [2.75, 3.05) is 0 Å². The molecule has 0 saturated heterocycles. The number of carbonyl (C=O) groups excluding carboxylic acids is 1. The van der Waals surface area contributed by atoms with Crippen LogP contribution in [0.25, 0.3) is 0 Å². The molecule has 0 saturated carbocycles. The molecule has 1 amide bonds. The monoisotopic (exact) mass is 281 g/mol. The van der Waals surface area contributed by atoms with Gasteiger partial charge in [0.2, 0.25) is 0 Å². The van der Waals surface area contributed by atoms with Crippen molar-refractivity contribution in [3.8, 4) is 0 Å². The second-order valence-electron chi connectivity index (χ2n) is 4.59. The second kappa shape index (κ2) is 6.80. The standard InChI is InChI=1S/C12H19N5O3/c1-4-6(2)9(13)11(19)17-14-5-8-7(3)15-12(20)16-10(8)18/h5-6,9H,4,13H2,1-3H3,(H,17,19)(H2,15,16,18,20)/b14-5+. The average molecular weight is 281 g/mol. The lowest BCUT2D eigenvalue weighted by Gasteiger charge is -2.15. The number of H-pyrrole nitrogens is 2. The predicted octanol–water partition coefficient (Wildman–Crippen LogP) is -0.805. The zero-order valence-corrected chi connectivity index (χ0v) is 11.7. The second-order valence-corrected chi connectivity index (χ2v) is 4.59. The maximum absolute atomic E-state index is 11.7. The van der Waals surface area contributed by atoms with Crippen molar-refractivity contribution >= 4 is 12.1 Å². The predicted molar refractivity (Wildman–Crippen MR) is 75.6 cm³/mol. The molecule has 0 aliphatic heterocycles. The van der Waals surface area contributed by atoms with Gasteiger partial charge in [0.1, 0.15) is 0 Å². The fourth-order valence-electron chi connectivity index (χ4n) is 1.51. The number of nitrogens with zero attached hydrogens (tertiary/aromatic N) is 1. The van der Waals surface area contributed by atoms with Gasteiger partial charge < -0.3 is 10.7 Å². The lowest BCUT2D eigenvalue weighted by atomic mass is 10.00. The van der Waals surface area contributed by atoms with Crippen LogP contribution in [0.5, 0.6) is 0 Å². The van der Waals surface area contributed by atoms with E-state index in [4.69, 9.17) is 5.73 Å². The van der Waals surface area contributed by atoms with Gasteiger partial charge in [0.05, 0.1) is 17.8 Å². The molecule has 2 unspecified atom stereocenters. The molecular weight excluding hydrogens is 262 g/mol. The van der Waals surface area contributed by atoms with Crippen molar-refractivity contribution < 1.29 is 4.79 Å². The van der Waals surface area contributed by atoms with Crippen molar-refractivity contribution in [2.24, 2.45) is 16.8 Å². The van der Waals surface area contributed by atoms with Gasteiger partial charge in [-0.1, -0.05) is 20.3 Å². The minimum Gasteiger partial charge on any atom is -0.320 e. The first-order valence-corrected chi connectivity index (χ1v) is 6.28. The third-order valence-electron chi connectivity index (χ3n) is 3.10. The Morgan fingerprint density at radius 2 is 2.10 bits per heavy atom. The highest BCUT2D eigenvalue weighted by atomic mass is 16.2. The lowest BCUT2D eigenvalue weighted by Crippen LogP contribution is -2.42. The third kappa shape index (κ3) is 3.89. The number of aryl methyl sites for hydroxylation is 1. The van der Waals surface area contributed by atoms with Crippen LogP contribution in [-0.2, 0) is 4.79 Å². The molecular formula is C12H19N5O3. The molecule has 0 fully saturated rings. The number of carbonyl (C=O) groups is 1. The van der Waals surface area contributed by atoms with Gasteiger partial charge in [0, 0.05) is 5.69 Å². The Kier molecular flexibility index (Phi) is 5.39. The Hall–Kier alpha value is -2.22. The summed E-state index contributed by atoms with van der Waals surface area (Å²) in [4.78, 5) is 38.7. The Labute approximate surface area is 115 Å². The fourth-order valence-corrected chi connectivity index (χ4v) is 1.51. The molecule has 20 heavy (non-hydrogen) atoms. The molecule has 0 radical (unpaired) electrons. The number of nitrogens with two attached hydrogens (primary N) is 1. The lowest BCUT2D eigenvalue weighted by molar-refractivity contribution is -0.123. The van der Waals surface area contributed by atoms with E-state index < -0.39 is 23.2 Å². The van der Waals surface area contributed by atoms with E-state index in [2.05, 4.69) is 20.5 Å². The molecule has 0 spiro atoms. The van der Waals surface area contributed by atoms with Crippen LogP contribution in [-0.4, -0.2) is 28.1 Å². The van der Waals surface area contributed by atoms with E-state index in [1.165, 1.54) is 6.21 Å². The molecule has 0 aromatic carbocycles. The molecule has 1 rings (SSSR count). The molecule has 110 valence electrons. The van der Waals surface area contributed by atoms with Gasteiger partial charge in [-0.25, -0.2) is 10.2 Å². The quantitative estimate of drug-likeness (QED) is 0.415. The van der Waals surface area contributed by atoms with Crippen molar-refractivity contribution in [1.29, 1.82) is 0 Å². The number of aromatic amines is 2. The molecule has 0 aliphatic rings. The molecule has 0 aliphatic carbocycles. The summed E-state index contributed by atoms with van der Waals surface area (Å²) in [6.07, 6.45) is 1.95.